The average molecular weight is 447 g/mol. The van der Waals surface area contributed by atoms with Gasteiger partial charge in [-0.15, -0.1) is 0 Å². The number of hydrogen-bond acceptors (Lipinski definition) is 5. The topological polar surface area (TPSA) is 84.9 Å². The molecular weight excluding hydrogens is 416 g/mol. The van der Waals surface area contributed by atoms with Crippen LogP contribution in [0.15, 0.2) is 42.5 Å². The number of sulfonamides is 1. The van der Waals surface area contributed by atoms with E-state index in [2.05, 4.69) is 5.32 Å². The first kappa shape index (κ1) is 22.9. The fraction of sp³-hybridized carbons (Fsp3) is 0.435. The van der Waals surface area contributed by atoms with Crippen molar-refractivity contribution >= 4 is 27.3 Å². The Labute approximate surface area is 184 Å². The van der Waals surface area contributed by atoms with Crippen LogP contribution in [0.4, 0.5) is 11.4 Å². The Morgan fingerprint density at radius 1 is 1.13 bits per heavy atom. The van der Waals surface area contributed by atoms with Gasteiger partial charge in [0.2, 0.25) is 15.9 Å². The minimum Gasteiger partial charge on any atom is -0.495 e. The predicted octanol–water partition coefficient (Wildman–Crippen LogP) is 4.12. The highest BCUT2D eigenvalue weighted by Gasteiger charge is 2.31. The van der Waals surface area contributed by atoms with Gasteiger partial charge in [0.15, 0.2) is 0 Å². The molecule has 1 aliphatic carbocycles. The minimum absolute atomic E-state index is 0.257. The van der Waals surface area contributed by atoms with Gasteiger partial charge in [0.25, 0.3) is 0 Å². The van der Waals surface area contributed by atoms with Crippen molar-refractivity contribution in [2.45, 2.75) is 51.7 Å². The molecule has 1 N–H and O–H groups in total. The highest BCUT2D eigenvalue weighted by atomic mass is 32.2. The lowest BCUT2D eigenvalue weighted by atomic mass is 10.2. The zero-order chi connectivity index (χ0) is 22.6. The van der Waals surface area contributed by atoms with E-state index in [1.165, 1.54) is 20.0 Å². The summed E-state index contributed by atoms with van der Waals surface area (Å²) in [6.07, 6.45) is 5.86. The van der Waals surface area contributed by atoms with E-state index < -0.39 is 22.0 Å². The van der Waals surface area contributed by atoms with Gasteiger partial charge < -0.3 is 14.8 Å². The monoisotopic (exact) mass is 446 g/mol. The minimum atomic E-state index is -3.75. The maximum absolute atomic E-state index is 12.9. The average Bonchev–Trinajstić information content (AvgIpc) is 3.22. The third-order valence-corrected chi connectivity index (χ3v) is 6.61. The number of carbonyl (C=O) groups excluding carboxylic acids is 1. The van der Waals surface area contributed by atoms with Crippen LogP contribution in [0, 0.1) is 6.92 Å². The summed E-state index contributed by atoms with van der Waals surface area (Å²) >= 11 is 0. The van der Waals surface area contributed by atoms with Crippen LogP contribution in [-0.4, -0.2) is 39.8 Å². The van der Waals surface area contributed by atoms with Gasteiger partial charge in [-0.1, -0.05) is 6.07 Å². The second kappa shape index (κ2) is 9.60. The summed E-state index contributed by atoms with van der Waals surface area (Å²) in [7, 11) is -2.28. The lowest BCUT2D eigenvalue weighted by Gasteiger charge is -2.29. The largest absolute Gasteiger partial charge is 0.495 e. The predicted molar refractivity (Wildman–Crippen MR) is 122 cm³/mol. The van der Waals surface area contributed by atoms with Gasteiger partial charge in [0, 0.05) is 5.69 Å². The Morgan fingerprint density at radius 3 is 2.35 bits per heavy atom. The molecule has 2 aromatic rings. The molecule has 0 heterocycles. The molecule has 0 bridgehead atoms. The number of ether oxygens (including phenoxy) is 2. The molecule has 1 fully saturated rings. The molecule has 1 saturated carbocycles. The van der Waals surface area contributed by atoms with Crippen molar-refractivity contribution in [3.8, 4) is 11.5 Å². The van der Waals surface area contributed by atoms with E-state index in [0.717, 1.165) is 34.7 Å². The summed E-state index contributed by atoms with van der Waals surface area (Å²) in [5, 5.41) is 2.80. The highest BCUT2D eigenvalue weighted by molar-refractivity contribution is 7.92. The molecule has 0 aromatic heterocycles. The normalized spacial score (nSPS) is 15.4. The number of carbonyl (C=O) groups is 1. The molecule has 31 heavy (non-hydrogen) atoms. The van der Waals surface area contributed by atoms with Crippen LogP contribution >= 0.6 is 0 Å². The molecule has 0 radical (unpaired) electrons. The van der Waals surface area contributed by atoms with Crippen molar-refractivity contribution in [1.29, 1.82) is 0 Å². The van der Waals surface area contributed by atoms with Gasteiger partial charge in [-0.05, 0) is 81.5 Å². The van der Waals surface area contributed by atoms with Crippen molar-refractivity contribution in [3.05, 3.63) is 48.0 Å². The smallest absolute Gasteiger partial charge is 0.247 e. The van der Waals surface area contributed by atoms with Gasteiger partial charge in [0.05, 0.1) is 25.2 Å². The molecule has 0 spiro atoms. The maximum Gasteiger partial charge on any atom is 0.247 e. The first-order valence-electron chi connectivity index (χ1n) is 10.4. The maximum atomic E-state index is 12.9. The van der Waals surface area contributed by atoms with Gasteiger partial charge >= 0.3 is 0 Å². The van der Waals surface area contributed by atoms with E-state index in [4.69, 9.17) is 9.47 Å². The first-order chi connectivity index (χ1) is 14.7. The molecule has 0 aliphatic heterocycles. The van der Waals surface area contributed by atoms with E-state index in [9.17, 15) is 13.2 Å². The summed E-state index contributed by atoms with van der Waals surface area (Å²) in [6.45, 7) is 3.40. The van der Waals surface area contributed by atoms with Crippen LogP contribution in [-0.2, 0) is 14.8 Å². The Morgan fingerprint density at radius 2 is 1.77 bits per heavy atom. The van der Waals surface area contributed by atoms with Gasteiger partial charge in [0.1, 0.15) is 17.5 Å². The number of benzene rings is 2. The zero-order valence-electron chi connectivity index (χ0n) is 18.4. The van der Waals surface area contributed by atoms with Crippen LogP contribution < -0.4 is 19.1 Å². The fourth-order valence-electron chi connectivity index (χ4n) is 3.82. The third-order valence-electron chi connectivity index (χ3n) is 5.39. The molecular formula is C23H30N2O5S. The number of hydrogen-bond donors (Lipinski definition) is 1. The zero-order valence-corrected chi connectivity index (χ0v) is 19.2. The van der Waals surface area contributed by atoms with E-state index in [1.54, 1.807) is 31.2 Å². The first-order valence-corrected chi connectivity index (χ1v) is 12.3. The molecule has 3 rings (SSSR count). The van der Waals surface area contributed by atoms with E-state index >= 15 is 0 Å². The molecule has 1 unspecified atom stereocenters. The molecule has 1 amide bonds. The van der Waals surface area contributed by atoms with E-state index in [1.807, 2.05) is 25.1 Å². The molecule has 168 valence electrons. The Bertz CT molecular complexity index is 1010. The standard InChI is InChI=1S/C23H30N2O5S/c1-16-9-14-22(29-3)21(15-16)25(31(4,27)28)17(2)23(26)24-18-10-12-20(13-11-18)30-19-7-5-6-8-19/h9-15,17,19H,5-8H2,1-4H3,(H,24,26). The summed E-state index contributed by atoms with van der Waals surface area (Å²) in [4.78, 5) is 12.9. The number of anilines is 2. The SMILES string of the molecule is COc1ccc(C)cc1N(C(C)C(=O)Nc1ccc(OC2CCCC2)cc1)S(C)(=O)=O. The molecule has 7 nitrogen and oxygen atoms in total. The Hall–Kier alpha value is -2.74. The number of amides is 1. The van der Waals surface area contributed by atoms with Gasteiger partial charge in [-0.3, -0.25) is 9.10 Å². The quantitative estimate of drug-likeness (QED) is 0.659. The van der Waals surface area contributed by atoms with Crippen molar-refractivity contribution in [2.75, 3.05) is 23.0 Å². The second-order valence-electron chi connectivity index (χ2n) is 7.95. The van der Waals surface area contributed by atoms with Crippen LogP contribution in [0.3, 0.4) is 0 Å². The summed E-state index contributed by atoms with van der Waals surface area (Å²) < 4.78 is 37.6. The van der Waals surface area contributed by atoms with Gasteiger partial charge in [-0.2, -0.15) is 0 Å². The molecule has 8 heteroatoms. The number of rotatable bonds is 8. The van der Waals surface area contributed by atoms with Crippen molar-refractivity contribution in [3.63, 3.8) is 0 Å². The van der Waals surface area contributed by atoms with Crippen molar-refractivity contribution < 1.29 is 22.7 Å². The molecule has 1 atom stereocenters. The van der Waals surface area contributed by atoms with Crippen molar-refractivity contribution in [1.82, 2.24) is 0 Å². The number of nitrogens with zero attached hydrogens (tertiary/aromatic N) is 1. The second-order valence-corrected chi connectivity index (χ2v) is 9.81. The highest BCUT2D eigenvalue weighted by Crippen LogP contribution is 2.33. The number of aryl methyl sites for hydroxylation is 1. The number of nitrogens with one attached hydrogen (secondary N) is 1. The van der Waals surface area contributed by atoms with Crippen LogP contribution in [0.1, 0.15) is 38.2 Å². The molecule has 0 saturated heterocycles. The van der Waals surface area contributed by atoms with Crippen LogP contribution in [0.25, 0.3) is 0 Å². The Balaban J connectivity index is 1.77. The lowest BCUT2D eigenvalue weighted by molar-refractivity contribution is -0.116. The fourth-order valence-corrected chi connectivity index (χ4v) is 4.99. The molecule has 1 aliphatic rings. The molecule has 2 aromatic carbocycles. The summed E-state index contributed by atoms with van der Waals surface area (Å²) in [6, 6.07) is 11.4. The van der Waals surface area contributed by atoms with E-state index in [0.29, 0.717) is 17.1 Å². The van der Waals surface area contributed by atoms with Crippen LogP contribution in [0.2, 0.25) is 0 Å². The lowest BCUT2D eigenvalue weighted by Crippen LogP contribution is -2.45. The summed E-state index contributed by atoms with van der Waals surface area (Å²) in [5.41, 5.74) is 1.75. The third kappa shape index (κ3) is 5.70. The van der Waals surface area contributed by atoms with Gasteiger partial charge in [-0.25, -0.2) is 8.42 Å². The van der Waals surface area contributed by atoms with Crippen molar-refractivity contribution in [2.24, 2.45) is 0 Å². The Kier molecular flexibility index (Phi) is 7.10. The summed E-state index contributed by atoms with van der Waals surface area (Å²) in [5.74, 6) is 0.697. The van der Waals surface area contributed by atoms with E-state index in [-0.39, 0.29) is 6.10 Å². The number of methoxy groups -OCH3 is 1. The van der Waals surface area contributed by atoms with Crippen LogP contribution in [0.5, 0.6) is 11.5 Å².